The van der Waals surface area contributed by atoms with Crippen molar-refractivity contribution >= 4 is 23.5 Å². The molecule has 0 N–H and O–H groups in total. The van der Waals surface area contributed by atoms with Gasteiger partial charge in [-0.05, 0) is 24.6 Å². The summed E-state index contributed by atoms with van der Waals surface area (Å²) in [6.45, 7) is 2.57. The van der Waals surface area contributed by atoms with Gasteiger partial charge in [-0.2, -0.15) is 4.58 Å². The van der Waals surface area contributed by atoms with Crippen LogP contribution in [0.4, 0.5) is 5.69 Å². The number of benzene rings is 2. The van der Waals surface area contributed by atoms with E-state index in [1.165, 1.54) is 0 Å². The van der Waals surface area contributed by atoms with Crippen molar-refractivity contribution in [2.45, 2.75) is 6.92 Å². The molecular formula is C15H13ClNO+. The number of para-hydroxylation sites is 1. The van der Waals surface area contributed by atoms with E-state index in [4.69, 9.17) is 16.3 Å². The first-order chi connectivity index (χ1) is 8.74. The zero-order chi connectivity index (χ0) is 12.5. The largest absolute Gasteiger partial charge is 0.435 e. The molecule has 0 aromatic heterocycles. The van der Waals surface area contributed by atoms with Crippen molar-refractivity contribution in [3.8, 4) is 5.75 Å². The Morgan fingerprint density at radius 2 is 2.00 bits per heavy atom. The molecule has 1 aliphatic heterocycles. The molecule has 0 bridgehead atoms. The molecule has 0 saturated heterocycles. The van der Waals surface area contributed by atoms with Gasteiger partial charge in [-0.25, -0.2) is 0 Å². The topological polar surface area (TPSA) is 12.2 Å². The Morgan fingerprint density at radius 1 is 1.17 bits per heavy atom. The molecule has 3 rings (SSSR count). The Balaban J connectivity index is 2.06. The number of rotatable bonds is 1. The molecule has 18 heavy (non-hydrogen) atoms. The Morgan fingerprint density at radius 3 is 2.83 bits per heavy atom. The lowest BCUT2D eigenvalue weighted by Crippen LogP contribution is -2.21. The molecule has 2 aromatic rings. The fourth-order valence-corrected chi connectivity index (χ4v) is 2.30. The van der Waals surface area contributed by atoms with Gasteiger partial charge in [-0.3, -0.25) is 0 Å². The fourth-order valence-electron chi connectivity index (χ4n) is 2.12. The van der Waals surface area contributed by atoms with Gasteiger partial charge in [-0.1, -0.05) is 29.8 Å². The van der Waals surface area contributed by atoms with Crippen LogP contribution in [0, 0.1) is 6.92 Å². The lowest BCUT2D eigenvalue weighted by atomic mass is 10.1. The average molecular weight is 259 g/mol. The van der Waals surface area contributed by atoms with E-state index in [0.717, 1.165) is 27.6 Å². The smallest absolute Gasteiger partial charge is 0.292 e. The number of ether oxygens (including phenoxy) is 1. The quantitative estimate of drug-likeness (QED) is 0.710. The van der Waals surface area contributed by atoms with Crippen molar-refractivity contribution in [3.63, 3.8) is 0 Å². The molecule has 0 unspecified atom stereocenters. The molecule has 0 amide bonds. The number of aryl methyl sites for hydroxylation is 1. The molecule has 0 atom stereocenters. The van der Waals surface area contributed by atoms with Crippen LogP contribution in [0.25, 0.3) is 0 Å². The highest BCUT2D eigenvalue weighted by atomic mass is 35.5. The fraction of sp³-hybridized carbons (Fsp3) is 0.133. The monoisotopic (exact) mass is 258 g/mol. The van der Waals surface area contributed by atoms with Crippen molar-refractivity contribution in [3.05, 3.63) is 58.6 Å². The van der Waals surface area contributed by atoms with Crippen LogP contribution in [0.5, 0.6) is 5.75 Å². The zero-order valence-corrected chi connectivity index (χ0v) is 10.8. The summed E-state index contributed by atoms with van der Waals surface area (Å²) in [5.41, 5.74) is 3.30. The third-order valence-corrected chi connectivity index (χ3v) is 3.26. The first-order valence-electron chi connectivity index (χ1n) is 5.83. The van der Waals surface area contributed by atoms with Gasteiger partial charge in [0.2, 0.25) is 5.69 Å². The molecular weight excluding hydrogens is 246 g/mol. The van der Waals surface area contributed by atoms with Crippen molar-refractivity contribution < 1.29 is 9.31 Å². The number of nitrogens with zero attached hydrogens (tertiary/aromatic N) is 1. The maximum absolute atomic E-state index is 6.01. The van der Waals surface area contributed by atoms with E-state index in [-0.39, 0.29) is 0 Å². The molecule has 0 spiro atoms. The molecule has 1 aliphatic rings. The van der Waals surface area contributed by atoms with Gasteiger partial charge in [0.1, 0.15) is 5.75 Å². The lowest BCUT2D eigenvalue weighted by Gasteiger charge is -2.15. The summed E-state index contributed by atoms with van der Waals surface area (Å²) in [4.78, 5) is 0. The van der Waals surface area contributed by atoms with Crippen LogP contribution in [-0.4, -0.2) is 17.5 Å². The Kier molecular flexibility index (Phi) is 2.80. The highest BCUT2D eigenvalue weighted by Gasteiger charge is 2.19. The van der Waals surface area contributed by atoms with Crippen LogP contribution in [0.1, 0.15) is 11.1 Å². The summed E-state index contributed by atoms with van der Waals surface area (Å²) in [6, 6.07) is 13.9. The maximum Gasteiger partial charge on any atom is 0.292 e. The minimum atomic E-state index is 0.512. The molecule has 0 aliphatic carbocycles. The van der Waals surface area contributed by atoms with Crippen LogP contribution in [0.15, 0.2) is 42.5 Å². The predicted molar refractivity (Wildman–Crippen MR) is 73.2 cm³/mol. The molecule has 90 valence electrons. The van der Waals surface area contributed by atoms with Crippen molar-refractivity contribution in [2.24, 2.45) is 0 Å². The van der Waals surface area contributed by atoms with E-state index in [9.17, 15) is 0 Å². The summed E-state index contributed by atoms with van der Waals surface area (Å²) in [5, 5.41) is 0.732. The van der Waals surface area contributed by atoms with Crippen molar-refractivity contribution in [1.29, 1.82) is 0 Å². The van der Waals surface area contributed by atoms with Gasteiger partial charge in [0.05, 0.1) is 5.56 Å². The summed E-state index contributed by atoms with van der Waals surface area (Å²) >= 11 is 6.01. The van der Waals surface area contributed by atoms with E-state index in [2.05, 4.69) is 25.3 Å². The molecule has 1 heterocycles. The van der Waals surface area contributed by atoms with Crippen LogP contribution >= 0.6 is 11.6 Å². The van der Waals surface area contributed by atoms with Crippen molar-refractivity contribution in [2.75, 3.05) is 6.73 Å². The summed E-state index contributed by atoms with van der Waals surface area (Å²) < 4.78 is 7.86. The van der Waals surface area contributed by atoms with Gasteiger partial charge in [-0.15, -0.1) is 0 Å². The van der Waals surface area contributed by atoms with Crippen LogP contribution in [0.2, 0.25) is 5.02 Å². The van der Waals surface area contributed by atoms with E-state index in [0.29, 0.717) is 6.73 Å². The Bertz CT molecular complexity index is 634. The third-order valence-electron chi connectivity index (χ3n) is 3.03. The van der Waals surface area contributed by atoms with Crippen LogP contribution in [0.3, 0.4) is 0 Å². The highest BCUT2D eigenvalue weighted by Crippen LogP contribution is 2.27. The summed E-state index contributed by atoms with van der Waals surface area (Å²) in [5.74, 6) is 0.968. The molecule has 2 nitrogen and oxygen atoms in total. The summed E-state index contributed by atoms with van der Waals surface area (Å²) in [6.07, 6.45) is 2.09. The molecule has 0 fully saturated rings. The second-order valence-corrected chi connectivity index (χ2v) is 4.78. The second-order valence-electron chi connectivity index (χ2n) is 4.35. The van der Waals surface area contributed by atoms with E-state index in [1.54, 1.807) is 0 Å². The van der Waals surface area contributed by atoms with Gasteiger partial charge < -0.3 is 4.74 Å². The number of hydrogen-bond donors (Lipinski definition) is 0. The molecule has 0 saturated carbocycles. The average Bonchev–Trinajstić information content (AvgIpc) is 2.39. The Hall–Kier alpha value is -1.80. The maximum atomic E-state index is 6.01. The molecule has 2 aromatic carbocycles. The normalized spacial score (nSPS) is 13.6. The first-order valence-corrected chi connectivity index (χ1v) is 6.21. The zero-order valence-electron chi connectivity index (χ0n) is 10.1. The number of halogens is 1. The predicted octanol–water partition coefficient (Wildman–Crippen LogP) is 3.76. The molecule has 3 heteroatoms. The second kappa shape index (κ2) is 4.46. The van der Waals surface area contributed by atoms with E-state index in [1.807, 2.05) is 34.9 Å². The third kappa shape index (κ3) is 2.00. The number of fused-ring (bicyclic) bond motifs is 1. The van der Waals surface area contributed by atoms with Crippen molar-refractivity contribution in [1.82, 2.24) is 0 Å². The van der Waals surface area contributed by atoms with Crippen LogP contribution in [-0.2, 0) is 0 Å². The standard InChI is InChI=1S/C15H13ClNO/c1-11-4-2-5-12-9-17(10-18-15(11)12)14-7-3-6-13(16)8-14/h2-9H,10H2,1H3/q+1. The van der Waals surface area contributed by atoms with Gasteiger partial charge in [0.25, 0.3) is 6.73 Å². The minimum absolute atomic E-state index is 0.512. The minimum Gasteiger partial charge on any atom is -0.435 e. The van der Waals surface area contributed by atoms with E-state index < -0.39 is 0 Å². The van der Waals surface area contributed by atoms with Gasteiger partial charge in [0.15, 0.2) is 6.21 Å². The Labute approximate surface area is 111 Å². The SMILES string of the molecule is Cc1cccc2c1OC[N+](c1cccc(Cl)c1)=C2. The van der Waals surface area contributed by atoms with E-state index >= 15 is 0 Å². The first kappa shape index (κ1) is 11.3. The number of hydrogen-bond acceptors (Lipinski definition) is 1. The summed E-state index contributed by atoms with van der Waals surface area (Å²) in [7, 11) is 0. The van der Waals surface area contributed by atoms with Gasteiger partial charge >= 0.3 is 0 Å². The highest BCUT2D eigenvalue weighted by molar-refractivity contribution is 6.30. The van der Waals surface area contributed by atoms with Crippen LogP contribution < -0.4 is 4.74 Å². The molecule has 0 radical (unpaired) electrons. The van der Waals surface area contributed by atoms with Gasteiger partial charge in [0, 0.05) is 17.2 Å². The lowest BCUT2D eigenvalue weighted by molar-refractivity contribution is -0.476.